The summed E-state index contributed by atoms with van der Waals surface area (Å²) in [4.78, 5) is 11.5. The van der Waals surface area contributed by atoms with E-state index in [9.17, 15) is 18.0 Å². The topological polar surface area (TPSA) is 59.6 Å². The molecule has 0 atom stereocenters. The number of ether oxygens (including phenoxy) is 2. The van der Waals surface area contributed by atoms with Gasteiger partial charge in [-0.3, -0.25) is 10.1 Å². The number of rotatable bonds is 1. The van der Waals surface area contributed by atoms with E-state index in [-0.39, 0.29) is 21.3 Å². The molecule has 0 spiro atoms. The summed E-state index contributed by atoms with van der Waals surface area (Å²) in [7, 11) is 0. The Labute approximate surface area is 115 Å². The molecule has 0 aromatic carbocycles. The van der Waals surface area contributed by atoms with Gasteiger partial charge < -0.3 is 14.8 Å². The number of allylic oxidation sites excluding steroid dienone is 1. The quantitative estimate of drug-likeness (QED) is 0.388. The lowest BCUT2D eigenvalue weighted by Crippen LogP contribution is -2.21. The fourth-order valence-corrected chi connectivity index (χ4v) is 1.88. The third kappa shape index (κ3) is 3.01. The summed E-state index contributed by atoms with van der Waals surface area (Å²) in [6.07, 6.45) is -3.15. The second-order valence-electron chi connectivity index (χ2n) is 3.33. The number of amides is 1. The minimum absolute atomic E-state index is 0.0101. The van der Waals surface area contributed by atoms with Gasteiger partial charge in [0.05, 0.1) is 10.5 Å². The van der Waals surface area contributed by atoms with Crippen molar-refractivity contribution in [1.29, 1.82) is 0 Å². The number of carbonyl (C=O) groups is 1. The van der Waals surface area contributed by atoms with E-state index in [4.69, 9.17) is 12.2 Å². The Balaban J connectivity index is 2.44. The molecule has 1 amide bonds. The molecule has 2 aliphatic rings. The van der Waals surface area contributed by atoms with Crippen LogP contribution in [0.3, 0.4) is 0 Å². The summed E-state index contributed by atoms with van der Waals surface area (Å²) in [6.45, 7) is 0. The van der Waals surface area contributed by atoms with E-state index in [0.29, 0.717) is 6.26 Å². The average Bonchev–Trinajstić information content (AvgIpc) is 2.55. The molecule has 2 heterocycles. The van der Waals surface area contributed by atoms with Gasteiger partial charge in [0.2, 0.25) is 0 Å². The first-order chi connectivity index (χ1) is 8.78. The number of alkyl halides is 3. The predicted molar refractivity (Wildman–Crippen MR) is 64.3 cm³/mol. The molecule has 0 unspecified atom stereocenters. The lowest BCUT2D eigenvalue weighted by molar-refractivity contribution is -0.304. The van der Waals surface area contributed by atoms with Crippen molar-refractivity contribution in [2.24, 2.45) is 0 Å². The number of thiol groups is 1. The van der Waals surface area contributed by atoms with Crippen molar-refractivity contribution in [2.45, 2.75) is 6.36 Å². The second-order valence-corrected chi connectivity index (χ2v) is 4.22. The van der Waals surface area contributed by atoms with Crippen molar-refractivity contribution in [3.05, 3.63) is 34.5 Å². The van der Waals surface area contributed by atoms with Gasteiger partial charge >= 0.3 is 6.36 Å². The maximum atomic E-state index is 12.3. The highest BCUT2D eigenvalue weighted by Crippen LogP contribution is 2.34. The first-order valence-electron chi connectivity index (χ1n) is 4.66. The van der Waals surface area contributed by atoms with Crippen LogP contribution in [0.25, 0.3) is 0 Å². The zero-order chi connectivity index (χ0) is 14.2. The molecule has 19 heavy (non-hydrogen) atoms. The fourth-order valence-electron chi connectivity index (χ4n) is 1.40. The van der Waals surface area contributed by atoms with Crippen LogP contribution in [0.1, 0.15) is 0 Å². The lowest BCUT2D eigenvalue weighted by Gasteiger charge is -2.19. The van der Waals surface area contributed by atoms with Crippen LogP contribution in [0.15, 0.2) is 34.5 Å². The molecule has 10 heteroatoms. The fraction of sp³-hybridized carbons (Fsp3) is 0.111. The van der Waals surface area contributed by atoms with E-state index >= 15 is 0 Å². The van der Waals surface area contributed by atoms with E-state index in [1.54, 1.807) is 0 Å². The normalized spacial score (nSPS) is 23.2. The van der Waals surface area contributed by atoms with Crippen LogP contribution in [0.5, 0.6) is 0 Å². The minimum Gasteiger partial charge on any atom is -0.468 e. The van der Waals surface area contributed by atoms with Crippen LogP contribution >= 0.6 is 24.8 Å². The number of carbonyl (C=O) groups excluding carboxylic acids is 1. The summed E-state index contributed by atoms with van der Waals surface area (Å²) >= 11 is 8.63. The number of nitrogens with one attached hydrogen (secondary N) is 2. The molecule has 1 fully saturated rings. The highest BCUT2D eigenvalue weighted by atomic mass is 32.1. The van der Waals surface area contributed by atoms with Gasteiger partial charge in [-0.15, -0.1) is 25.8 Å². The maximum absolute atomic E-state index is 12.3. The van der Waals surface area contributed by atoms with Gasteiger partial charge in [-0.25, -0.2) is 0 Å². The third-order valence-corrected chi connectivity index (χ3v) is 2.56. The van der Waals surface area contributed by atoms with Crippen LogP contribution in [-0.4, -0.2) is 17.4 Å². The van der Waals surface area contributed by atoms with Crippen molar-refractivity contribution in [3.8, 4) is 0 Å². The largest absolute Gasteiger partial charge is 0.573 e. The monoisotopic (exact) mass is 310 g/mol. The van der Waals surface area contributed by atoms with Gasteiger partial charge in [-0.1, -0.05) is 0 Å². The molecule has 2 N–H and O–H groups in total. The number of thiocarbonyl (C=S) groups is 1. The van der Waals surface area contributed by atoms with Crippen LogP contribution in [0, 0.1) is 0 Å². The standard InChI is InChI=1S/C9H5F3N2O3S2/c10-9(11,12)17-3-1-16-2-4(18)5(3)6-7(15)14-8(19)13-6/h1-2,18H,(H2,13,14,15,19)/b6-5-. The molecule has 5 nitrogen and oxygen atoms in total. The van der Waals surface area contributed by atoms with Gasteiger partial charge in [0, 0.05) is 0 Å². The van der Waals surface area contributed by atoms with Crippen molar-refractivity contribution in [1.82, 2.24) is 10.6 Å². The molecule has 0 aromatic heterocycles. The second kappa shape index (κ2) is 4.78. The molecule has 2 aliphatic heterocycles. The average molecular weight is 310 g/mol. The summed E-state index contributed by atoms with van der Waals surface area (Å²) in [5.41, 5.74) is -0.380. The Bertz CT molecular complexity index is 551. The van der Waals surface area contributed by atoms with Crippen molar-refractivity contribution >= 4 is 35.9 Å². The van der Waals surface area contributed by atoms with Crippen LogP contribution in [0.2, 0.25) is 0 Å². The highest BCUT2D eigenvalue weighted by Gasteiger charge is 2.37. The van der Waals surface area contributed by atoms with Gasteiger partial charge in [-0.2, -0.15) is 0 Å². The van der Waals surface area contributed by atoms with E-state index in [1.807, 2.05) is 0 Å². The smallest absolute Gasteiger partial charge is 0.468 e. The highest BCUT2D eigenvalue weighted by molar-refractivity contribution is 7.84. The van der Waals surface area contributed by atoms with Gasteiger partial charge in [0.15, 0.2) is 10.9 Å². The molecule has 0 aromatic rings. The molecule has 0 aliphatic carbocycles. The van der Waals surface area contributed by atoms with Crippen LogP contribution in [0.4, 0.5) is 13.2 Å². The third-order valence-electron chi connectivity index (χ3n) is 2.03. The first-order valence-corrected chi connectivity index (χ1v) is 5.51. The molecular formula is C9H5F3N2O3S2. The van der Waals surface area contributed by atoms with E-state index in [1.165, 1.54) is 0 Å². The number of hydrogen-bond acceptors (Lipinski definition) is 5. The maximum Gasteiger partial charge on any atom is 0.573 e. The minimum atomic E-state index is -4.93. The lowest BCUT2D eigenvalue weighted by atomic mass is 10.1. The summed E-state index contributed by atoms with van der Waals surface area (Å²) in [5, 5.41) is 4.64. The van der Waals surface area contributed by atoms with Gasteiger partial charge in [0.25, 0.3) is 5.91 Å². The Kier molecular flexibility index (Phi) is 3.45. The number of hydrogen-bond donors (Lipinski definition) is 3. The SMILES string of the molecule is O=C1NC(=S)N/C1=C1\C(S)=COC=C1OC(F)(F)F. The van der Waals surface area contributed by atoms with Gasteiger partial charge in [-0.05, 0) is 12.2 Å². The number of halogens is 3. The summed E-state index contributed by atoms with van der Waals surface area (Å²) in [5.74, 6) is -1.37. The summed E-state index contributed by atoms with van der Waals surface area (Å²) in [6, 6.07) is 0. The predicted octanol–water partition coefficient (Wildman–Crippen LogP) is 1.42. The molecule has 102 valence electrons. The van der Waals surface area contributed by atoms with Crippen LogP contribution in [-0.2, 0) is 14.3 Å². The van der Waals surface area contributed by atoms with Crippen LogP contribution < -0.4 is 10.6 Å². The summed E-state index contributed by atoms with van der Waals surface area (Å²) < 4.78 is 45.2. The van der Waals surface area contributed by atoms with Crippen molar-refractivity contribution in [3.63, 3.8) is 0 Å². The zero-order valence-corrected chi connectivity index (χ0v) is 10.6. The van der Waals surface area contributed by atoms with E-state index in [2.05, 4.69) is 32.7 Å². The molecule has 0 saturated carbocycles. The first kappa shape index (κ1) is 13.7. The Hall–Kier alpha value is -1.68. The molecular weight excluding hydrogens is 305 g/mol. The van der Waals surface area contributed by atoms with Gasteiger partial charge in [0.1, 0.15) is 18.2 Å². The van der Waals surface area contributed by atoms with Crippen molar-refractivity contribution < 1.29 is 27.4 Å². The molecule has 0 radical (unpaired) electrons. The Morgan fingerprint density at radius 2 is 2.00 bits per heavy atom. The Morgan fingerprint density at radius 1 is 1.32 bits per heavy atom. The Morgan fingerprint density at radius 3 is 2.53 bits per heavy atom. The zero-order valence-electron chi connectivity index (χ0n) is 8.87. The molecule has 0 bridgehead atoms. The van der Waals surface area contributed by atoms with E-state index in [0.717, 1.165) is 6.26 Å². The molecule has 1 saturated heterocycles. The molecule has 2 rings (SSSR count). The van der Waals surface area contributed by atoms with Crippen molar-refractivity contribution in [2.75, 3.05) is 0 Å². The van der Waals surface area contributed by atoms with E-state index < -0.39 is 18.0 Å².